The average Bonchev–Trinajstić information content (AvgIpc) is 3.65. The van der Waals surface area contributed by atoms with Gasteiger partial charge in [-0.2, -0.15) is 4.98 Å². The van der Waals surface area contributed by atoms with Gasteiger partial charge in [0.2, 0.25) is 11.9 Å². The largest absolute Gasteiger partial charge is 0.367 e. The Kier molecular flexibility index (Phi) is 5.36. The van der Waals surface area contributed by atoms with Crippen LogP contribution in [0.5, 0.6) is 0 Å². The molecule has 1 amide bonds. The van der Waals surface area contributed by atoms with Crippen molar-refractivity contribution in [1.82, 2.24) is 25.2 Å². The molecule has 3 aliphatic heterocycles. The average molecular weight is 503 g/mol. The standard InChI is InChI=1S/C28H38N8O/c1-27(2)18-34(12-13-35(27)20-6-7-20)21-8-9-23(29-16-21)32-26-30-15-19-14-22-25(37)31-17-28(10-4-3-5-11-28)36(22)24(19)33-26/h8-9,15-16,20,22H,3-7,10-14,17-18H2,1-2H3,(H,31,37)(H,29,30,32,33). The maximum absolute atomic E-state index is 12.8. The van der Waals surface area contributed by atoms with Gasteiger partial charge in [0.15, 0.2) is 0 Å². The van der Waals surface area contributed by atoms with Crippen LogP contribution in [0.15, 0.2) is 24.5 Å². The van der Waals surface area contributed by atoms with E-state index in [0.717, 1.165) is 61.4 Å². The van der Waals surface area contributed by atoms with Crippen molar-refractivity contribution in [3.05, 3.63) is 30.1 Å². The number of anilines is 4. The quantitative estimate of drug-likeness (QED) is 0.659. The number of fused-ring (bicyclic) bond motifs is 4. The van der Waals surface area contributed by atoms with E-state index >= 15 is 0 Å². The number of amides is 1. The van der Waals surface area contributed by atoms with Gasteiger partial charge in [-0.15, -0.1) is 0 Å². The number of rotatable bonds is 4. The van der Waals surface area contributed by atoms with Crippen molar-refractivity contribution in [3.63, 3.8) is 0 Å². The minimum Gasteiger partial charge on any atom is -0.367 e. The van der Waals surface area contributed by atoms with E-state index < -0.39 is 0 Å². The van der Waals surface area contributed by atoms with Gasteiger partial charge in [-0.05, 0) is 51.7 Å². The van der Waals surface area contributed by atoms with Gasteiger partial charge in [-0.3, -0.25) is 9.69 Å². The monoisotopic (exact) mass is 502 g/mol. The van der Waals surface area contributed by atoms with Crippen LogP contribution in [-0.2, 0) is 11.2 Å². The first kappa shape index (κ1) is 23.2. The lowest BCUT2D eigenvalue weighted by atomic mass is 9.78. The summed E-state index contributed by atoms with van der Waals surface area (Å²) in [7, 11) is 0. The van der Waals surface area contributed by atoms with E-state index in [1.54, 1.807) is 0 Å². The Labute approximate surface area is 219 Å². The van der Waals surface area contributed by atoms with Gasteiger partial charge in [0.25, 0.3) is 0 Å². The fraction of sp³-hybridized carbons (Fsp3) is 0.643. The highest BCUT2D eigenvalue weighted by molar-refractivity contribution is 5.90. The number of pyridine rings is 1. The van der Waals surface area contributed by atoms with Gasteiger partial charge in [0, 0.05) is 55.9 Å². The summed E-state index contributed by atoms with van der Waals surface area (Å²) in [6.45, 7) is 8.59. The van der Waals surface area contributed by atoms with Gasteiger partial charge >= 0.3 is 0 Å². The zero-order valence-electron chi connectivity index (χ0n) is 22.0. The Balaban J connectivity index is 1.08. The maximum atomic E-state index is 12.8. The minimum absolute atomic E-state index is 0.0229. The molecule has 9 nitrogen and oxygen atoms in total. The van der Waals surface area contributed by atoms with Crippen molar-refractivity contribution in [3.8, 4) is 0 Å². The molecule has 196 valence electrons. The Morgan fingerprint density at radius 1 is 1.05 bits per heavy atom. The zero-order chi connectivity index (χ0) is 25.2. The number of hydrogen-bond acceptors (Lipinski definition) is 8. The molecule has 5 heterocycles. The lowest BCUT2D eigenvalue weighted by molar-refractivity contribution is -0.124. The Morgan fingerprint density at radius 2 is 1.89 bits per heavy atom. The SMILES string of the molecule is CC1(C)CN(c2ccc(Nc3ncc4c(n3)N3C(C4)C(=O)NCC34CCCCC4)nc2)CCN1C1CC1. The van der Waals surface area contributed by atoms with Gasteiger partial charge in [0.1, 0.15) is 17.7 Å². The van der Waals surface area contributed by atoms with Gasteiger partial charge in [-0.25, -0.2) is 9.97 Å². The number of nitrogens with one attached hydrogen (secondary N) is 2. The molecule has 2 aliphatic carbocycles. The van der Waals surface area contributed by atoms with E-state index in [-0.39, 0.29) is 23.0 Å². The van der Waals surface area contributed by atoms with Crippen LogP contribution >= 0.6 is 0 Å². The van der Waals surface area contributed by atoms with Crippen molar-refractivity contribution in [1.29, 1.82) is 0 Å². The molecule has 5 aliphatic rings. The molecule has 4 fully saturated rings. The van der Waals surface area contributed by atoms with Crippen LogP contribution in [0.25, 0.3) is 0 Å². The molecule has 1 spiro atoms. The molecule has 0 bridgehead atoms. The molecule has 2 saturated heterocycles. The van der Waals surface area contributed by atoms with E-state index in [0.29, 0.717) is 18.9 Å². The lowest BCUT2D eigenvalue weighted by Gasteiger charge is -2.51. The summed E-state index contributed by atoms with van der Waals surface area (Å²) in [5, 5.41) is 6.51. The second-order valence-corrected chi connectivity index (χ2v) is 12.3. The molecule has 7 rings (SSSR count). The molecular formula is C28H38N8O. The summed E-state index contributed by atoms with van der Waals surface area (Å²) < 4.78 is 0. The highest BCUT2D eigenvalue weighted by Crippen LogP contribution is 2.44. The summed E-state index contributed by atoms with van der Waals surface area (Å²) >= 11 is 0. The molecule has 9 heteroatoms. The third-order valence-electron chi connectivity index (χ3n) is 9.29. The van der Waals surface area contributed by atoms with Crippen LogP contribution in [0.1, 0.15) is 64.4 Å². The second kappa shape index (κ2) is 8.55. The van der Waals surface area contributed by atoms with Gasteiger partial charge in [-0.1, -0.05) is 19.3 Å². The van der Waals surface area contributed by atoms with E-state index in [1.807, 2.05) is 18.5 Å². The highest BCUT2D eigenvalue weighted by atomic mass is 16.2. The normalized spacial score (nSPS) is 26.5. The molecule has 2 aromatic heterocycles. The molecular weight excluding hydrogens is 464 g/mol. The van der Waals surface area contributed by atoms with Gasteiger partial charge in [0.05, 0.1) is 17.4 Å². The summed E-state index contributed by atoms with van der Waals surface area (Å²) in [6, 6.07) is 4.78. The number of hydrogen-bond donors (Lipinski definition) is 2. The molecule has 1 atom stereocenters. The third kappa shape index (κ3) is 4.02. The van der Waals surface area contributed by atoms with Crippen LogP contribution in [0.2, 0.25) is 0 Å². The topological polar surface area (TPSA) is 89.5 Å². The number of carbonyl (C=O) groups is 1. The summed E-state index contributed by atoms with van der Waals surface area (Å²) in [5.74, 6) is 2.31. The van der Waals surface area contributed by atoms with Crippen LogP contribution in [-0.4, -0.2) is 75.1 Å². The van der Waals surface area contributed by atoms with E-state index in [4.69, 9.17) is 9.97 Å². The predicted molar refractivity (Wildman–Crippen MR) is 144 cm³/mol. The summed E-state index contributed by atoms with van der Waals surface area (Å²) in [4.78, 5) is 34.5. The van der Waals surface area contributed by atoms with E-state index in [9.17, 15) is 4.79 Å². The molecule has 1 unspecified atom stereocenters. The highest BCUT2D eigenvalue weighted by Gasteiger charge is 2.52. The maximum Gasteiger partial charge on any atom is 0.243 e. The molecule has 2 saturated carbocycles. The van der Waals surface area contributed by atoms with Crippen molar-refractivity contribution in [2.24, 2.45) is 0 Å². The van der Waals surface area contributed by atoms with Crippen molar-refractivity contribution >= 4 is 29.2 Å². The summed E-state index contributed by atoms with van der Waals surface area (Å²) in [6.07, 6.45) is 13.1. The molecule has 0 radical (unpaired) electrons. The Hall–Kier alpha value is -2.94. The van der Waals surface area contributed by atoms with E-state index in [2.05, 4.69) is 50.2 Å². The van der Waals surface area contributed by atoms with E-state index in [1.165, 1.54) is 32.1 Å². The first-order valence-electron chi connectivity index (χ1n) is 14.1. The first-order valence-corrected chi connectivity index (χ1v) is 14.1. The number of piperazine rings is 2. The first-order chi connectivity index (χ1) is 17.9. The Morgan fingerprint density at radius 3 is 2.62 bits per heavy atom. The number of nitrogens with zero attached hydrogens (tertiary/aromatic N) is 6. The third-order valence-corrected chi connectivity index (χ3v) is 9.29. The summed E-state index contributed by atoms with van der Waals surface area (Å²) in [5.41, 5.74) is 2.37. The van der Waals surface area contributed by atoms with Crippen LogP contribution < -0.4 is 20.4 Å². The van der Waals surface area contributed by atoms with Crippen molar-refractivity contribution < 1.29 is 4.79 Å². The molecule has 37 heavy (non-hydrogen) atoms. The second-order valence-electron chi connectivity index (χ2n) is 12.3. The lowest BCUT2D eigenvalue weighted by Crippen LogP contribution is -2.67. The van der Waals surface area contributed by atoms with Crippen LogP contribution in [0.4, 0.5) is 23.3 Å². The Bertz CT molecular complexity index is 1190. The smallest absolute Gasteiger partial charge is 0.243 e. The van der Waals surface area contributed by atoms with Crippen molar-refractivity contribution in [2.45, 2.75) is 88.4 Å². The minimum atomic E-state index is -0.173. The van der Waals surface area contributed by atoms with Crippen LogP contribution in [0.3, 0.4) is 0 Å². The molecule has 2 N–H and O–H groups in total. The number of carbonyl (C=O) groups excluding carboxylic acids is 1. The van der Waals surface area contributed by atoms with Crippen LogP contribution in [0, 0.1) is 0 Å². The number of aromatic nitrogens is 3. The fourth-order valence-electron chi connectivity index (χ4n) is 7.32. The van der Waals surface area contributed by atoms with Gasteiger partial charge < -0.3 is 20.4 Å². The molecule has 0 aromatic carbocycles. The fourth-order valence-corrected chi connectivity index (χ4v) is 7.32. The van der Waals surface area contributed by atoms with Crippen molar-refractivity contribution in [2.75, 3.05) is 41.3 Å². The predicted octanol–water partition coefficient (Wildman–Crippen LogP) is 3.24. The molecule has 2 aromatic rings. The zero-order valence-corrected chi connectivity index (χ0v) is 22.0.